The summed E-state index contributed by atoms with van der Waals surface area (Å²) in [6.07, 6.45) is 0. The average molecular weight is 460 g/mol. The van der Waals surface area contributed by atoms with Crippen molar-refractivity contribution in [1.29, 1.82) is 0 Å². The molecule has 0 unspecified atom stereocenters. The minimum Gasteiger partial charge on any atom is -0.369 e. The lowest BCUT2D eigenvalue weighted by Gasteiger charge is -2.36. The van der Waals surface area contributed by atoms with Crippen molar-refractivity contribution in [2.24, 2.45) is 0 Å². The van der Waals surface area contributed by atoms with Crippen molar-refractivity contribution in [1.82, 2.24) is 9.80 Å². The summed E-state index contributed by atoms with van der Waals surface area (Å²) < 4.78 is 0. The number of hydrogen-bond acceptors (Lipinski definition) is 6. The number of nitro groups is 1. The van der Waals surface area contributed by atoms with Gasteiger partial charge in [0.15, 0.2) is 0 Å². The van der Waals surface area contributed by atoms with E-state index in [-0.39, 0.29) is 16.7 Å². The van der Waals surface area contributed by atoms with Gasteiger partial charge in [-0.15, -0.1) is 0 Å². The standard InChI is InChI=1S/C27H33N5O2/c1-29(2)15-16-30-17-19-31(20-18-30)24-13-14-25(26(21-24)32(33)34)28-27(22-9-5-3-6-10-22)23-11-7-4-8-12-23/h3-14,21,27-28H,15-20H2,1-2H3. The summed E-state index contributed by atoms with van der Waals surface area (Å²) in [4.78, 5) is 18.6. The zero-order valence-corrected chi connectivity index (χ0v) is 19.9. The van der Waals surface area contributed by atoms with Gasteiger partial charge < -0.3 is 15.1 Å². The van der Waals surface area contributed by atoms with E-state index in [1.807, 2.05) is 72.8 Å². The third-order valence-corrected chi connectivity index (χ3v) is 6.34. The minimum absolute atomic E-state index is 0.101. The predicted octanol–water partition coefficient (Wildman–Crippen LogP) is 4.48. The van der Waals surface area contributed by atoms with Gasteiger partial charge in [-0.2, -0.15) is 0 Å². The third kappa shape index (κ3) is 5.92. The summed E-state index contributed by atoms with van der Waals surface area (Å²) in [5.41, 5.74) is 3.64. The van der Waals surface area contributed by atoms with E-state index in [4.69, 9.17) is 0 Å². The van der Waals surface area contributed by atoms with Gasteiger partial charge in [0.2, 0.25) is 0 Å². The summed E-state index contributed by atoms with van der Waals surface area (Å²) in [6, 6.07) is 25.4. The SMILES string of the molecule is CN(C)CCN1CCN(c2ccc(NC(c3ccccc3)c3ccccc3)c([N+](=O)[O-])c2)CC1. The van der Waals surface area contributed by atoms with Crippen molar-refractivity contribution in [2.75, 3.05) is 63.6 Å². The van der Waals surface area contributed by atoms with Crippen molar-refractivity contribution in [3.8, 4) is 0 Å². The molecule has 0 bridgehead atoms. The highest BCUT2D eigenvalue weighted by molar-refractivity contribution is 5.70. The fourth-order valence-corrected chi connectivity index (χ4v) is 4.37. The first-order chi connectivity index (χ1) is 16.5. The van der Waals surface area contributed by atoms with Crippen LogP contribution in [0.5, 0.6) is 0 Å². The van der Waals surface area contributed by atoms with Crippen LogP contribution < -0.4 is 10.2 Å². The molecule has 7 heteroatoms. The molecule has 1 fully saturated rings. The van der Waals surface area contributed by atoms with Gasteiger partial charge in [-0.25, -0.2) is 0 Å². The molecule has 0 spiro atoms. The molecule has 7 nitrogen and oxygen atoms in total. The second kappa shape index (κ2) is 11.1. The molecule has 0 saturated carbocycles. The van der Waals surface area contributed by atoms with Crippen molar-refractivity contribution in [3.05, 3.63) is 100 Å². The molecule has 0 radical (unpaired) electrons. The first-order valence-corrected chi connectivity index (χ1v) is 11.8. The predicted molar refractivity (Wildman–Crippen MR) is 139 cm³/mol. The summed E-state index contributed by atoms with van der Waals surface area (Å²) >= 11 is 0. The molecule has 0 amide bonds. The van der Waals surface area contributed by atoms with Crippen LogP contribution in [0.3, 0.4) is 0 Å². The number of benzene rings is 3. The van der Waals surface area contributed by atoms with Crippen LogP contribution in [0.15, 0.2) is 78.9 Å². The molecule has 0 aliphatic carbocycles. The van der Waals surface area contributed by atoms with Gasteiger partial charge in [0, 0.05) is 51.0 Å². The Balaban J connectivity index is 1.54. The van der Waals surface area contributed by atoms with Gasteiger partial charge in [-0.3, -0.25) is 15.0 Å². The first-order valence-electron chi connectivity index (χ1n) is 11.8. The number of hydrogen-bond donors (Lipinski definition) is 1. The highest BCUT2D eigenvalue weighted by atomic mass is 16.6. The summed E-state index contributed by atoms with van der Waals surface area (Å²) in [5.74, 6) is 0. The molecule has 1 aliphatic rings. The van der Waals surface area contributed by atoms with Crippen LogP contribution in [0.25, 0.3) is 0 Å². The van der Waals surface area contributed by atoms with Gasteiger partial charge >= 0.3 is 0 Å². The topological polar surface area (TPSA) is 64.9 Å². The molecule has 1 aliphatic heterocycles. The Hall–Kier alpha value is -3.42. The Morgan fingerprint density at radius 1 is 0.912 bits per heavy atom. The van der Waals surface area contributed by atoms with E-state index in [1.54, 1.807) is 6.07 Å². The number of nitro benzene ring substituents is 1. The van der Waals surface area contributed by atoms with Gasteiger partial charge in [0.05, 0.1) is 11.0 Å². The lowest BCUT2D eigenvalue weighted by atomic mass is 9.98. The maximum absolute atomic E-state index is 12.0. The normalized spacial score (nSPS) is 14.5. The van der Waals surface area contributed by atoms with Crippen LogP contribution in [0.4, 0.5) is 17.1 Å². The van der Waals surface area contributed by atoms with Crippen molar-refractivity contribution >= 4 is 17.1 Å². The van der Waals surface area contributed by atoms with E-state index in [0.717, 1.165) is 56.1 Å². The molecule has 1 saturated heterocycles. The maximum atomic E-state index is 12.0. The van der Waals surface area contributed by atoms with Crippen LogP contribution in [0.1, 0.15) is 17.2 Å². The Kier molecular flexibility index (Phi) is 7.77. The molecule has 0 atom stereocenters. The number of rotatable bonds is 9. The molecule has 4 rings (SSSR count). The van der Waals surface area contributed by atoms with E-state index >= 15 is 0 Å². The maximum Gasteiger partial charge on any atom is 0.294 e. The number of nitrogens with zero attached hydrogens (tertiary/aromatic N) is 4. The average Bonchev–Trinajstić information content (AvgIpc) is 2.87. The molecular formula is C27H33N5O2. The van der Waals surface area contributed by atoms with Crippen molar-refractivity contribution < 1.29 is 4.92 Å². The van der Waals surface area contributed by atoms with Crippen molar-refractivity contribution in [3.63, 3.8) is 0 Å². The number of nitrogens with one attached hydrogen (secondary N) is 1. The summed E-state index contributed by atoms with van der Waals surface area (Å²) in [7, 11) is 4.18. The van der Waals surface area contributed by atoms with Crippen LogP contribution in [0, 0.1) is 10.1 Å². The zero-order valence-electron chi connectivity index (χ0n) is 19.9. The Bertz CT molecular complexity index is 1030. The fourth-order valence-electron chi connectivity index (χ4n) is 4.37. The molecule has 0 aromatic heterocycles. The van der Waals surface area contributed by atoms with E-state index < -0.39 is 0 Å². The third-order valence-electron chi connectivity index (χ3n) is 6.34. The monoisotopic (exact) mass is 459 g/mol. The van der Waals surface area contributed by atoms with Gasteiger partial charge in [-0.05, 0) is 37.4 Å². The molecule has 3 aromatic carbocycles. The lowest BCUT2D eigenvalue weighted by Crippen LogP contribution is -2.48. The highest BCUT2D eigenvalue weighted by Gasteiger charge is 2.23. The highest BCUT2D eigenvalue weighted by Crippen LogP contribution is 2.34. The largest absolute Gasteiger partial charge is 0.369 e. The van der Waals surface area contributed by atoms with Gasteiger partial charge in [0.25, 0.3) is 5.69 Å². The molecule has 1 heterocycles. The first kappa shape index (κ1) is 23.7. The quantitative estimate of drug-likeness (QED) is 0.376. The second-order valence-corrected chi connectivity index (χ2v) is 8.99. The van der Waals surface area contributed by atoms with Crippen molar-refractivity contribution in [2.45, 2.75) is 6.04 Å². The molecule has 3 aromatic rings. The smallest absolute Gasteiger partial charge is 0.294 e. The van der Waals surface area contributed by atoms with Crippen LogP contribution in [-0.4, -0.2) is 68.1 Å². The molecule has 178 valence electrons. The zero-order chi connectivity index (χ0) is 23.9. The number of anilines is 2. The molecule has 34 heavy (non-hydrogen) atoms. The van der Waals surface area contributed by atoms with E-state index in [2.05, 4.69) is 34.1 Å². The van der Waals surface area contributed by atoms with Crippen LogP contribution >= 0.6 is 0 Å². The van der Waals surface area contributed by atoms with E-state index in [9.17, 15) is 10.1 Å². The Morgan fingerprint density at radius 2 is 1.50 bits per heavy atom. The number of likely N-dealkylation sites (N-methyl/N-ethyl adjacent to an activating group) is 1. The second-order valence-electron chi connectivity index (χ2n) is 8.99. The molecular weight excluding hydrogens is 426 g/mol. The van der Waals surface area contributed by atoms with Crippen LogP contribution in [-0.2, 0) is 0 Å². The molecule has 1 N–H and O–H groups in total. The Morgan fingerprint density at radius 3 is 2.03 bits per heavy atom. The van der Waals surface area contributed by atoms with E-state index in [0.29, 0.717) is 5.69 Å². The lowest BCUT2D eigenvalue weighted by molar-refractivity contribution is -0.383. The van der Waals surface area contributed by atoms with E-state index in [1.165, 1.54) is 0 Å². The van der Waals surface area contributed by atoms with Gasteiger partial charge in [-0.1, -0.05) is 60.7 Å². The summed E-state index contributed by atoms with van der Waals surface area (Å²) in [5, 5.41) is 15.5. The summed E-state index contributed by atoms with van der Waals surface area (Å²) in [6.45, 7) is 5.75. The number of piperazine rings is 1. The fraction of sp³-hybridized carbons (Fsp3) is 0.333. The Labute approximate surface area is 201 Å². The minimum atomic E-state index is -0.286. The van der Waals surface area contributed by atoms with Gasteiger partial charge in [0.1, 0.15) is 5.69 Å². The van der Waals surface area contributed by atoms with Crippen LogP contribution in [0.2, 0.25) is 0 Å².